The zero-order chi connectivity index (χ0) is 18.0. The lowest BCUT2D eigenvalue weighted by Gasteiger charge is -2.33. The molecule has 1 aliphatic heterocycles. The van der Waals surface area contributed by atoms with E-state index in [1.165, 1.54) is 4.90 Å². The Morgan fingerprint density at radius 1 is 1.19 bits per heavy atom. The Labute approximate surface area is 158 Å². The van der Waals surface area contributed by atoms with Gasteiger partial charge in [0, 0.05) is 43.0 Å². The molecule has 3 rings (SSSR count). The predicted molar refractivity (Wildman–Crippen MR) is 106 cm³/mol. The first-order valence-electron chi connectivity index (χ1n) is 9.05. The number of thioether (sulfide) groups is 1. The summed E-state index contributed by atoms with van der Waals surface area (Å²) < 4.78 is 0. The van der Waals surface area contributed by atoms with E-state index in [2.05, 4.69) is 37.6 Å². The normalized spacial score (nSPS) is 16.9. The van der Waals surface area contributed by atoms with E-state index >= 15 is 0 Å². The average molecular weight is 372 g/mol. The second kappa shape index (κ2) is 10.0. The fraction of sp³-hybridized carbons (Fsp3) is 0.421. The topological polar surface area (TPSA) is 70.2 Å². The summed E-state index contributed by atoms with van der Waals surface area (Å²) in [6.07, 6.45) is 6.46. The molecule has 0 saturated carbocycles. The van der Waals surface area contributed by atoms with E-state index in [1.807, 2.05) is 36.0 Å². The summed E-state index contributed by atoms with van der Waals surface area (Å²) in [6, 6.07) is 12.2. The Hall–Kier alpha value is -2.28. The molecule has 7 heteroatoms. The number of amides is 2. The number of benzene rings is 1. The van der Waals surface area contributed by atoms with Crippen LogP contribution in [0, 0.1) is 0 Å². The van der Waals surface area contributed by atoms with Crippen molar-refractivity contribution in [3.05, 3.63) is 48.8 Å². The van der Waals surface area contributed by atoms with Gasteiger partial charge in [-0.1, -0.05) is 18.2 Å². The highest BCUT2D eigenvalue weighted by Crippen LogP contribution is 2.17. The van der Waals surface area contributed by atoms with Crippen LogP contribution in [0.4, 0.5) is 10.7 Å². The van der Waals surface area contributed by atoms with Crippen molar-refractivity contribution >= 4 is 23.7 Å². The SMILES string of the molecule is O=C(NCCCSc1ccccc1)NC1CCCN(c2ncccn2)C1. The third-order valence-corrected chi connectivity index (χ3v) is 5.31. The number of hydrogen-bond donors (Lipinski definition) is 2. The van der Waals surface area contributed by atoms with Crippen LogP contribution in [0.15, 0.2) is 53.7 Å². The van der Waals surface area contributed by atoms with Crippen LogP contribution in [-0.4, -0.2) is 47.4 Å². The largest absolute Gasteiger partial charge is 0.339 e. The van der Waals surface area contributed by atoms with E-state index in [4.69, 9.17) is 0 Å². The monoisotopic (exact) mass is 371 g/mol. The maximum atomic E-state index is 12.1. The Morgan fingerprint density at radius 2 is 2.00 bits per heavy atom. The molecule has 1 fully saturated rings. The molecule has 2 heterocycles. The molecule has 138 valence electrons. The predicted octanol–water partition coefficient (Wildman–Crippen LogP) is 2.93. The maximum absolute atomic E-state index is 12.1. The van der Waals surface area contributed by atoms with E-state index in [9.17, 15) is 4.79 Å². The van der Waals surface area contributed by atoms with Gasteiger partial charge < -0.3 is 15.5 Å². The summed E-state index contributed by atoms with van der Waals surface area (Å²) >= 11 is 1.81. The fourth-order valence-corrected chi connectivity index (χ4v) is 3.82. The fourth-order valence-electron chi connectivity index (χ4n) is 2.95. The minimum Gasteiger partial charge on any atom is -0.339 e. The second-order valence-electron chi connectivity index (χ2n) is 6.25. The van der Waals surface area contributed by atoms with Gasteiger partial charge in [-0.05, 0) is 43.2 Å². The summed E-state index contributed by atoms with van der Waals surface area (Å²) in [5, 5.41) is 6.03. The van der Waals surface area contributed by atoms with E-state index in [0.717, 1.165) is 44.1 Å². The van der Waals surface area contributed by atoms with Gasteiger partial charge in [0.15, 0.2) is 0 Å². The molecule has 0 aliphatic carbocycles. The number of carbonyl (C=O) groups is 1. The first-order chi connectivity index (χ1) is 12.8. The highest BCUT2D eigenvalue weighted by molar-refractivity contribution is 7.99. The van der Waals surface area contributed by atoms with Crippen molar-refractivity contribution in [2.24, 2.45) is 0 Å². The Bertz CT molecular complexity index is 670. The number of rotatable bonds is 7. The van der Waals surface area contributed by atoms with Crippen molar-refractivity contribution in [1.82, 2.24) is 20.6 Å². The van der Waals surface area contributed by atoms with Crippen LogP contribution in [0.5, 0.6) is 0 Å². The molecule has 1 atom stereocenters. The van der Waals surface area contributed by atoms with Gasteiger partial charge >= 0.3 is 6.03 Å². The van der Waals surface area contributed by atoms with Crippen molar-refractivity contribution in [2.75, 3.05) is 30.3 Å². The average Bonchev–Trinajstić information content (AvgIpc) is 2.69. The van der Waals surface area contributed by atoms with E-state index in [0.29, 0.717) is 6.54 Å². The highest BCUT2D eigenvalue weighted by atomic mass is 32.2. The Morgan fingerprint density at radius 3 is 2.81 bits per heavy atom. The lowest BCUT2D eigenvalue weighted by Crippen LogP contribution is -2.51. The van der Waals surface area contributed by atoms with Gasteiger partial charge in [-0.15, -0.1) is 11.8 Å². The lowest BCUT2D eigenvalue weighted by molar-refractivity contribution is 0.235. The van der Waals surface area contributed by atoms with Gasteiger partial charge in [0.25, 0.3) is 0 Å². The first-order valence-corrected chi connectivity index (χ1v) is 10.0. The van der Waals surface area contributed by atoms with E-state index in [-0.39, 0.29) is 12.1 Å². The zero-order valence-electron chi connectivity index (χ0n) is 14.8. The molecule has 2 amide bonds. The minimum absolute atomic E-state index is 0.0875. The standard InChI is InChI=1S/C19H25N5OS/c25-19(22-12-6-14-26-17-8-2-1-3-9-17)23-16-7-4-13-24(15-16)18-20-10-5-11-21-18/h1-3,5,8-11,16H,4,6-7,12-15H2,(H2,22,23,25). The van der Waals surface area contributed by atoms with Gasteiger partial charge in [-0.2, -0.15) is 0 Å². The van der Waals surface area contributed by atoms with Crippen molar-refractivity contribution < 1.29 is 4.79 Å². The van der Waals surface area contributed by atoms with Crippen molar-refractivity contribution in [1.29, 1.82) is 0 Å². The minimum atomic E-state index is -0.0875. The van der Waals surface area contributed by atoms with Crippen molar-refractivity contribution in [3.8, 4) is 0 Å². The zero-order valence-corrected chi connectivity index (χ0v) is 15.6. The van der Waals surface area contributed by atoms with Gasteiger partial charge in [0.05, 0.1) is 0 Å². The smallest absolute Gasteiger partial charge is 0.315 e. The summed E-state index contributed by atoms with van der Waals surface area (Å²) in [7, 11) is 0. The number of hydrogen-bond acceptors (Lipinski definition) is 5. The van der Waals surface area contributed by atoms with Crippen LogP contribution in [-0.2, 0) is 0 Å². The summed E-state index contributed by atoms with van der Waals surface area (Å²) in [5.41, 5.74) is 0. The number of piperidine rings is 1. The summed E-state index contributed by atoms with van der Waals surface area (Å²) in [6.45, 7) is 2.37. The van der Waals surface area contributed by atoms with Crippen molar-refractivity contribution in [2.45, 2.75) is 30.2 Å². The van der Waals surface area contributed by atoms with Crippen LogP contribution >= 0.6 is 11.8 Å². The molecule has 0 radical (unpaired) electrons. The summed E-state index contributed by atoms with van der Waals surface area (Å²) in [4.78, 5) is 24.1. The number of nitrogens with one attached hydrogen (secondary N) is 2. The van der Waals surface area contributed by atoms with Crippen LogP contribution in [0.2, 0.25) is 0 Å². The molecule has 1 aliphatic rings. The maximum Gasteiger partial charge on any atom is 0.315 e. The van der Waals surface area contributed by atoms with Crippen molar-refractivity contribution in [3.63, 3.8) is 0 Å². The highest BCUT2D eigenvalue weighted by Gasteiger charge is 2.22. The molecule has 0 spiro atoms. The second-order valence-corrected chi connectivity index (χ2v) is 7.42. The molecule has 26 heavy (non-hydrogen) atoms. The molecule has 2 N–H and O–H groups in total. The molecule has 1 unspecified atom stereocenters. The molecular weight excluding hydrogens is 346 g/mol. The van der Waals surface area contributed by atoms with Crippen LogP contribution in [0.3, 0.4) is 0 Å². The molecule has 1 aromatic heterocycles. The van der Waals surface area contributed by atoms with Crippen LogP contribution in [0.25, 0.3) is 0 Å². The molecular formula is C19H25N5OS. The summed E-state index contributed by atoms with van der Waals surface area (Å²) in [5.74, 6) is 1.73. The third-order valence-electron chi connectivity index (χ3n) is 4.21. The molecule has 2 aromatic rings. The first kappa shape index (κ1) is 18.5. The third kappa shape index (κ3) is 5.91. The quantitative estimate of drug-likeness (QED) is 0.578. The number of urea groups is 1. The van der Waals surface area contributed by atoms with Gasteiger partial charge in [0.2, 0.25) is 5.95 Å². The Kier molecular flexibility index (Phi) is 7.13. The van der Waals surface area contributed by atoms with Crippen LogP contribution < -0.4 is 15.5 Å². The number of anilines is 1. The van der Waals surface area contributed by atoms with Gasteiger partial charge in [0.1, 0.15) is 0 Å². The van der Waals surface area contributed by atoms with Gasteiger partial charge in [-0.25, -0.2) is 14.8 Å². The molecule has 6 nitrogen and oxygen atoms in total. The number of nitrogens with zero attached hydrogens (tertiary/aromatic N) is 3. The molecule has 1 aromatic carbocycles. The van der Waals surface area contributed by atoms with E-state index < -0.39 is 0 Å². The molecule has 0 bridgehead atoms. The Balaban J connectivity index is 1.33. The lowest BCUT2D eigenvalue weighted by atomic mass is 10.1. The number of aromatic nitrogens is 2. The number of carbonyl (C=O) groups excluding carboxylic acids is 1. The molecule has 1 saturated heterocycles. The van der Waals surface area contributed by atoms with Gasteiger partial charge in [-0.3, -0.25) is 0 Å². The van der Waals surface area contributed by atoms with E-state index in [1.54, 1.807) is 12.4 Å². The van der Waals surface area contributed by atoms with Crippen LogP contribution in [0.1, 0.15) is 19.3 Å².